The molecule has 1 aliphatic rings. The molecule has 0 spiro atoms. The smallest absolute Gasteiger partial charge is 0.260 e. The number of nitrogens with zero attached hydrogens (tertiary/aromatic N) is 6. The standard InChI is InChI=1S/C24H26N6O4/c1-14-9-17(21-10-15(2)28-34-21)13-30-22(14)26-27-23(30)16(3)29-6-5-20-19(24(29)31)11-18(12-25-20)33-8-7-32-4/h5-6,10-14,16H,7-9H2,1-4H3/t14?,16-/m0/s1. The SMILES string of the molecule is COCCOc1cnc2ccn([C@@H](C)c3nnc4n3C=C(c3cc(C)no3)CC4C)c(=O)c2c1. The van der Waals surface area contributed by atoms with Crippen LogP contribution in [0, 0.1) is 6.92 Å². The Balaban J connectivity index is 1.53. The number of hydrogen-bond donors (Lipinski definition) is 0. The Kier molecular flexibility index (Phi) is 5.74. The highest BCUT2D eigenvalue weighted by atomic mass is 16.5. The fourth-order valence-corrected chi connectivity index (χ4v) is 4.25. The van der Waals surface area contributed by atoms with Gasteiger partial charge in [-0.2, -0.15) is 0 Å². The lowest BCUT2D eigenvalue weighted by Crippen LogP contribution is -2.26. The molecule has 5 heterocycles. The predicted molar refractivity (Wildman–Crippen MR) is 126 cm³/mol. The zero-order valence-electron chi connectivity index (χ0n) is 19.6. The molecule has 34 heavy (non-hydrogen) atoms. The molecule has 0 radical (unpaired) electrons. The monoisotopic (exact) mass is 462 g/mol. The number of hydrogen-bond acceptors (Lipinski definition) is 8. The van der Waals surface area contributed by atoms with E-state index in [4.69, 9.17) is 14.0 Å². The van der Waals surface area contributed by atoms with Crippen molar-refractivity contribution in [3.63, 3.8) is 0 Å². The minimum atomic E-state index is -0.365. The summed E-state index contributed by atoms with van der Waals surface area (Å²) in [5.74, 6) is 2.92. The maximum absolute atomic E-state index is 13.4. The van der Waals surface area contributed by atoms with Crippen LogP contribution in [0.2, 0.25) is 0 Å². The fourth-order valence-electron chi connectivity index (χ4n) is 4.25. The van der Waals surface area contributed by atoms with Gasteiger partial charge in [-0.3, -0.25) is 14.3 Å². The van der Waals surface area contributed by atoms with Crippen LogP contribution in [0.3, 0.4) is 0 Å². The highest BCUT2D eigenvalue weighted by molar-refractivity contribution is 5.78. The second kappa shape index (κ2) is 8.86. The third-order valence-electron chi connectivity index (χ3n) is 6.04. The normalized spacial score (nSPS) is 16.4. The van der Waals surface area contributed by atoms with Gasteiger partial charge in [0.15, 0.2) is 11.6 Å². The molecular formula is C24H26N6O4. The molecule has 0 aromatic carbocycles. The molecule has 2 atom stereocenters. The summed E-state index contributed by atoms with van der Waals surface area (Å²) >= 11 is 0. The summed E-state index contributed by atoms with van der Waals surface area (Å²) in [6, 6.07) is 5.09. The van der Waals surface area contributed by atoms with Crippen LogP contribution in [-0.2, 0) is 4.74 Å². The maximum atomic E-state index is 13.4. The Morgan fingerprint density at radius 3 is 2.88 bits per heavy atom. The van der Waals surface area contributed by atoms with E-state index in [9.17, 15) is 4.79 Å². The van der Waals surface area contributed by atoms with E-state index in [0.29, 0.717) is 35.7 Å². The third kappa shape index (κ3) is 3.90. The maximum Gasteiger partial charge on any atom is 0.260 e. The van der Waals surface area contributed by atoms with E-state index in [1.54, 1.807) is 30.1 Å². The van der Waals surface area contributed by atoms with Crippen LogP contribution in [0.4, 0.5) is 0 Å². The van der Waals surface area contributed by atoms with Crippen molar-refractivity contribution in [3.8, 4) is 5.75 Å². The Bertz CT molecular complexity index is 1430. The zero-order chi connectivity index (χ0) is 23.8. The van der Waals surface area contributed by atoms with Crippen LogP contribution in [0.25, 0.3) is 22.7 Å². The van der Waals surface area contributed by atoms with E-state index >= 15 is 0 Å². The first-order valence-corrected chi connectivity index (χ1v) is 11.2. The molecule has 5 rings (SSSR count). The van der Waals surface area contributed by atoms with Gasteiger partial charge in [-0.1, -0.05) is 12.1 Å². The zero-order valence-corrected chi connectivity index (χ0v) is 19.6. The number of fused-ring (bicyclic) bond motifs is 2. The molecule has 1 aliphatic heterocycles. The van der Waals surface area contributed by atoms with Crippen LogP contribution in [0.1, 0.15) is 55.3 Å². The molecule has 0 N–H and O–H groups in total. The number of ether oxygens (including phenoxy) is 2. The molecule has 4 aromatic rings. The van der Waals surface area contributed by atoms with E-state index < -0.39 is 0 Å². The number of allylic oxidation sites excluding steroid dienone is 1. The van der Waals surface area contributed by atoms with Crippen molar-refractivity contribution in [2.24, 2.45) is 0 Å². The number of aryl methyl sites for hydroxylation is 1. The molecule has 0 saturated carbocycles. The highest BCUT2D eigenvalue weighted by Crippen LogP contribution is 2.35. The quantitative estimate of drug-likeness (QED) is 0.384. The highest BCUT2D eigenvalue weighted by Gasteiger charge is 2.28. The Labute approximate surface area is 195 Å². The van der Waals surface area contributed by atoms with Crippen molar-refractivity contribution in [1.82, 2.24) is 29.5 Å². The summed E-state index contributed by atoms with van der Waals surface area (Å²) in [6.45, 7) is 6.76. The van der Waals surface area contributed by atoms with Crippen molar-refractivity contribution >= 4 is 22.7 Å². The number of aromatic nitrogens is 6. The largest absolute Gasteiger partial charge is 0.490 e. The van der Waals surface area contributed by atoms with Crippen LogP contribution in [-0.4, -0.2) is 49.8 Å². The van der Waals surface area contributed by atoms with Gasteiger partial charge in [0.2, 0.25) is 0 Å². The molecule has 10 nitrogen and oxygen atoms in total. The van der Waals surface area contributed by atoms with Crippen molar-refractivity contribution in [2.75, 3.05) is 20.3 Å². The second-order valence-electron chi connectivity index (χ2n) is 8.53. The molecule has 176 valence electrons. The average molecular weight is 463 g/mol. The van der Waals surface area contributed by atoms with Crippen molar-refractivity contribution in [1.29, 1.82) is 0 Å². The second-order valence-corrected chi connectivity index (χ2v) is 8.53. The number of rotatable bonds is 7. The molecule has 0 fully saturated rings. The molecule has 0 amide bonds. The van der Waals surface area contributed by atoms with E-state index in [1.807, 2.05) is 36.7 Å². The third-order valence-corrected chi connectivity index (χ3v) is 6.04. The number of methoxy groups -OCH3 is 1. The molecule has 1 unspecified atom stereocenters. The molecule has 10 heteroatoms. The van der Waals surface area contributed by atoms with Crippen LogP contribution in [0.5, 0.6) is 5.75 Å². The van der Waals surface area contributed by atoms with Crippen molar-refractivity contribution in [3.05, 3.63) is 64.0 Å². The van der Waals surface area contributed by atoms with E-state index in [2.05, 4.69) is 27.3 Å². The van der Waals surface area contributed by atoms with Gasteiger partial charge >= 0.3 is 0 Å². The fraction of sp³-hybridized carbons (Fsp3) is 0.375. The first-order valence-electron chi connectivity index (χ1n) is 11.2. The van der Waals surface area contributed by atoms with Gasteiger partial charge in [-0.05, 0) is 32.4 Å². The van der Waals surface area contributed by atoms with Crippen molar-refractivity contribution < 1.29 is 14.0 Å². The van der Waals surface area contributed by atoms with Crippen LogP contribution >= 0.6 is 0 Å². The van der Waals surface area contributed by atoms with Gasteiger partial charge in [-0.25, -0.2) is 0 Å². The van der Waals surface area contributed by atoms with E-state index in [1.165, 1.54) is 0 Å². The predicted octanol–water partition coefficient (Wildman–Crippen LogP) is 3.42. The average Bonchev–Trinajstić information content (AvgIpc) is 3.46. The Hall–Kier alpha value is -3.79. The topological polar surface area (TPSA) is 110 Å². The minimum absolute atomic E-state index is 0.142. The minimum Gasteiger partial charge on any atom is -0.490 e. The van der Waals surface area contributed by atoms with E-state index in [0.717, 1.165) is 29.3 Å². The first-order chi connectivity index (χ1) is 16.5. The summed E-state index contributed by atoms with van der Waals surface area (Å²) in [5.41, 5.74) is 2.27. The van der Waals surface area contributed by atoms with Gasteiger partial charge in [0, 0.05) is 37.1 Å². The Morgan fingerprint density at radius 1 is 1.26 bits per heavy atom. The van der Waals surface area contributed by atoms with Gasteiger partial charge in [0.1, 0.15) is 18.2 Å². The molecule has 0 bridgehead atoms. The van der Waals surface area contributed by atoms with Gasteiger partial charge < -0.3 is 18.6 Å². The first kappa shape index (κ1) is 22.0. The Morgan fingerprint density at radius 2 is 2.12 bits per heavy atom. The molecule has 0 aliphatic carbocycles. The molecule has 0 saturated heterocycles. The summed E-state index contributed by atoms with van der Waals surface area (Å²) < 4.78 is 19.8. The van der Waals surface area contributed by atoms with Crippen LogP contribution in [0.15, 0.2) is 39.9 Å². The van der Waals surface area contributed by atoms with Crippen LogP contribution < -0.4 is 10.3 Å². The summed E-state index contributed by atoms with van der Waals surface area (Å²) in [6.07, 6.45) is 6.11. The lowest BCUT2D eigenvalue weighted by atomic mass is 9.96. The summed E-state index contributed by atoms with van der Waals surface area (Å²) in [5, 5.41) is 13.4. The van der Waals surface area contributed by atoms with Crippen molar-refractivity contribution in [2.45, 2.75) is 39.2 Å². The molecule has 4 aromatic heterocycles. The van der Waals surface area contributed by atoms with E-state index in [-0.39, 0.29) is 17.5 Å². The lowest BCUT2D eigenvalue weighted by molar-refractivity contribution is 0.146. The van der Waals surface area contributed by atoms with Gasteiger partial charge in [0.25, 0.3) is 5.56 Å². The van der Waals surface area contributed by atoms with Gasteiger partial charge in [0.05, 0.1) is 35.4 Å². The summed E-state index contributed by atoms with van der Waals surface area (Å²) in [4.78, 5) is 17.8. The lowest BCUT2D eigenvalue weighted by Gasteiger charge is -2.21. The summed E-state index contributed by atoms with van der Waals surface area (Å²) in [7, 11) is 1.61. The number of pyridine rings is 2. The molecular weight excluding hydrogens is 436 g/mol. The van der Waals surface area contributed by atoms with Gasteiger partial charge in [-0.15, -0.1) is 10.2 Å².